The van der Waals surface area contributed by atoms with Crippen LogP contribution in [0.25, 0.3) is 0 Å². The SMILES string of the molecule is CC(=O)c1ccc2c(c1)CCN2CC(=O)OC(C)C. The number of ether oxygens (including phenoxy) is 1. The van der Waals surface area contributed by atoms with Crippen LogP contribution in [0, 0.1) is 0 Å². The Balaban J connectivity index is 2.10. The second kappa shape index (κ2) is 5.43. The van der Waals surface area contributed by atoms with Gasteiger partial charge in [0.25, 0.3) is 0 Å². The zero-order valence-corrected chi connectivity index (χ0v) is 11.6. The van der Waals surface area contributed by atoms with Gasteiger partial charge >= 0.3 is 5.97 Å². The van der Waals surface area contributed by atoms with Gasteiger partial charge in [-0.05, 0) is 51.0 Å². The van der Waals surface area contributed by atoms with E-state index in [9.17, 15) is 9.59 Å². The quantitative estimate of drug-likeness (QED) is 0.616. The third-order valence-electron chi connectivity index (χ3n) is 3.16. The Morgan fingerprint density at radius 2 is 2.11 bits per heavy atom. The van der Waals surface area contributed by atoms with Crippen molar-refractivity contribution < 1.29 is 14.3 Å². The van der Waals surface area contributed by atoms with Crippen LogP contribution in [0.5, 0.6) is 0 Å². The molecule has 0 bridgehead atoms. The molecule has 0 saturated carbocycles. The van der Waals surface area contributed by atoms with Crippen molar-refractivity contribution in [1.29, 1.82) is 0 Å². The highest BCUT2D eigenvalue weighted by Gasteiger charge is 2.22. The number of rotatable bonds is 4. The number of anilines is 1. The largest absolute Gasteiger partial charge is 0.462 e. The molecule has 0 spiro atoms. The van der Waals surface area contributed by atoms with E-state index >= 15 is 0 Å². The summed E-state index contributed by atoms with van der Waals surface area (Å²) in [4.78, 5) is 25.0. The molecule has 1 aromatic carbocycles. The number of hydrogen-bond donors (Lipinski definition) is 0. The standard InChI is InChI=1S/C15H19NO3/c1-10(2)19-15(18)9-16-7-6-13-8-12(11(3)17)4-5-14(13)16/h4-5,8,10H,6-7,9H2,1-3H3. The summed E-state index contributed by atoms with van der Waals surface area (Å²) in [6.07, 6.45) is 0.778. The van der Waals surface area contributed by atoms with E-state index in [-0.39, 0.29) is 24.4 Å². The first-order valence-corrected chi connectivity index (χ1v) is 6.55. The first-order chi connectivity index (χ1) is 8.97. The third kappa shape index (κ3) is 3.13. The fourth-order valence-corrected chi connectivity index (χ4v) is 2.31. The van der Waals surface area contributed by atoms with E-state index < -0.39 is 0 Å². The van der Waals surface area contributed by atoms with Crippen LogP contribution in [0.1, 0.15) is 36.7 Å². The Kier molecular flexibility index (Phi) is 3.88. The van der Waals surface area contributed by atoms with E-state index in [1.807, 2.05) is 36.9 Å². The second-order valence-corrected chi connectivity index (χ2v) is 5.11. The summed E-state index contributed by atoms with van der Waals surface area (Å²) in [5.74, 6) is -0.140. The molecule has 1 aliphatic rings. The Morgan fingerprint density at radius 3 is 2.74 bits per heavy atom. The number of ketones is 1. The van der Waals surface area contributed by atoms with Crippen molar-refractivity contribution in [3.63, 3.8) is 0 Å². The first-order valence-electron chi connectivity index (χ1n) is 6.55. The smallest absolute Gasteiger partial charge is 0.325 e. The van der Waals surface area contributed by atoms with Crippen molar-refractivity contribution in [3.8, 4) is 0 Å². The van der Waals surface area contributed by atoms with Gasteiger partial charge in [0.2, 0.25) is 0 Å². The number of hydrogen-bond acceptors (Lipinski definition) is 4. The van der Waals surface area contributed by atoms with Crippen LogP contribution in [0.3, 0.4) is 0 Å². The molecule has 1 aromatic rings. The number of nitrogens with zero attached hydrogens (tertiary/aromatic N) is 1. The lowest BCUT2D eigenvalue weighted by molar-refractivity contribution is -0.145. The first kappa shape index (κ1) is 13.6. The summed E-state index contributed by atoms with van der Waals surface area (Å²) in [5.41, 5.74) is 2.89. The molecule has 0 saturated heterocycles. The lowest BCUT2D eigenvalue weighted by atomic mass is 10.1. The molecule has 0 N–H and O–H groups in total. The zero-order valence-electron chi connectivity index (χ0n) is 11.6. The van der Waals surface area contributed by atoms with Crippen molar-refractivity contribution in [2.24, 2.45) is 0 Å². The van der Waals surface area contributed by atoms with E-state index in [0.717, 1.165) is 29.8 Å². The van der Waals surface area contributed by atoms with Gasteiger partial charge < -0.3 is 9.64 Å². The van der Waals surface area contributed by atoms with Crippen molar-refractivity contribution in [3.05, 3.63) is 29.3 Å². The number of esters is 1. The Labute approximate surface area is 113 Å². The molecule has 0 radical (unpaired) electrons. The van der Waals surface area contributed by atoms with Crippen LogP contribution in [-0.2, 0) is 16.0 Å². The molecule has 0 atom stereocenters. The van der Waals surface area contributed by atoms with Gasteiger partial charge in [0.05, 0.1) is 6.10 Å². The Bertz CT molecular complexity index is 508. The minimum atomic E-state index is -0.210. The summed E-state index contributed by atoms with van der Waals surface area (Å²) in [7, 11) is 0. The molecule has 4 nitrogen and oxygen atoms in total. The van der Waals surface area contributed by atoms with Crippen molar-refractivity contribution in [1.82, 2.24) is 0 Å². The third-order valence-corrected chi connectivity index (χ3v) is 3.16. The molecule has 2 rings (SSSR count). The lowest BCUT2D eigenvalue weighted by Gasteiger charge is -2.19. The van der Waals surface area contributed by atoms with E-state index in [0.29, 0.717) is 0 Å². The summed E-state index contributed by atoms with van der Waals surface area (Å²) in [6, 6.07) is 5.65. The predicted octanol–water partition coefficient (Wildman–Crippen LogP) is 2.20. The molecule has 102 valence electrons. The molecular weight excluding hydrogens is 242 g/mol. The van der Waals surface area contributed by atoms with E-state index in [4.69, 9.17) is 4.74 Å². The second-order valence-electron chi connectivity index (χ2n) is 5.11. The number of carbonyl (C=O) groups is 2. The van der Waals surface area contributed by atoms with Gasteiger partial charge in [-0.3, -0.25) is 9.59 Å². The molecule has 0 aromatic heterocycles. The molecular formula is C15H19NO3. The Hall–Kier alpha value is -1.84. The van der Waals surface area contributed by atoms with Crippen molar-refractivity contribution in [2.45, 2.75) is 33.3 Å². The highest BCUT2D eigenvalue weighted by molar-refractivity contribution is 5.95. The van der Waals surface area contributed by atoms with Gasteiger partial charge in [0.15, 0.2) is 5.78 Å². The highest BCUT2D eigenvalue weighted by Crippen LogP contribution is 2.28. The summed E-state index contributed by atoms with van der Waals surface area (Å²) >= 11 is 0. The van der Waals surface area contributed by atoms with Crippen LogP contribution in [0.4, 0.5) is 5.69 Å². The monoisotopic (exact) mass is 261 g/mol. The molecule has 4 heteroatoms. The molecule has 0 aliphatic carbocycles. The zero-order chi connectivity index (χ0) is 14.0. The number of Topliss-reactive ketones (excluding diaryl/α,β-unsaturated/α-hetero) is 1. The maximum Gasteiger partial charge on any atom is 0.325 e. The van der Waals surface area contributed by atoms with E-state index in [1.165, 1.54) is 0 Å². The van der Waals surface area contributed by atoms with Crippen LogP contribution in [-0.4, -0.2) is 30.9 Å². The molecule has 0 fully saturated rings. The van der Waals surface area contributed by atoms with Gasteiger partial charge in [0.1, 0.15) is 6.54 Å². The fraction of sp³-hybridized carbons (Fsp3) is 0.467. The minimum Gasteiger partial charge on any atom is -0.462 e. The maximum absolute atomic E-state index is 11.7. The van der Waals surface area contributed by atoms with Crippen LogP contribution < -0.4 is 4.90 Å². The average molecular weight is 261 g/mol. The van der Waals surface area contributed by atoms with Crippen LogP contribution >= 0.6 is 0 Å². The summed E-state index contributed by atoms with van der Waals surface area (Å²) in [5, 5.41) is 0. The van der Waals surface area contributed by atoms with Crippen LogP contribution in [0.2, 0.25) is 0 Å². The molecule has 1 heterocycles. The topological polar surface area (TPSA) is 46.6 Å². The van der Waals surface area contributed by atoms with E-state index in [1.54, 1.807) is 6.92 Å². The number of benzene rings is 1. The van der Waals surface area contributed by atoms with Gasteiger partial charge in [-0.1, -0.05) is 0 Å². The fourth-order valence-electron chi connectivity index (χ4n) is 2.31. The number of fused-ring (bicyclic) bond motifs is 1. The maximum atomic E-state index is 11.7. The van der Waals surface area contributed by atoms with E-state index in [2.05, 4.69) is 0 Å². The van der Waals surface area contributed by atoms with Gasteiger partial charge in [-0.25, -0.2) is 0 Å². The number of carbonyl (C=O) groups excluding carboxylic acids is 2. The normalized spacial score (nSPS) is 13.6. The van der Waals surface area contributed by atoms with Crippen molar-refractivity contribution >= 4 is 17.4 Å². The van der Waals surface area contributed by atoms with Crippen molar-refractivity contribution in [2.75, 3.05) is 18.0 Å². The summed E-state index contributed by atoms with van der Waals surface area (Å²) < 4.78 is 5.15. The predicted molar refractivity (Wildman–Crippen MR) is 73.6 cm³/mol. The molecule has 1 aliphatic heterocycles. The summed E-state index contributed by atoms with van der Waals surface area (Å²) in [6.45, 7) is 6.31. The van der Waals surface area contributed by atoms with Gasteiger partial charge in [-0.2, -0.15) is 0 Å². The Morgan fingerprint density at radius 1 is 1.37 bits per heavy atom. The average Bonchev–Trinajstić information content (AvgIpc) is 2.70. The highest BCUT2D eigenvalue weighted by atomic mass is 16.5. The molecule has 0 amide bonds. The lowest BCUT2D eigenvalue weighted by Crippen LogP contribution is -2.30. The van der Waals surface area contributed by atoms with Gasteiger partial charge in [-0.15, -0.1) is 0 Å². The van der Waals surface area contributed by atoms with Gasteiger partial charge in [0, 0.05) is 17.8 Å². The molecule has 0 unspecified atom stereocenters. The molecule has 19 heavy (non-hydrogen) atoms. The minimum absolute atomic E-state index is 0.0699. The van der Waals surface area contributed by atoms with Crippen LogP contribution in [0.15, 0.2) is 18.2 Å².